The molecule has 1 aromatic heterocycles. The van der Waals surface area contributed by atoms with Gasteiger partial charge in [0, 0.05) is 50.4 Å². The van der Waals surface area contributed by atoms with Gasteiger partial charge in [-0.3, -0.25) is 0 Å². The summed E-state index contributed by atoms with van der Waals surface area (Å²) in [7, 11) is 3.37. The van der Waals surface area contributed by atoms with E-state index in [1.165, 1.54) is 83.5 Å². The molecule has 1 atom stereocenters. The number of methoxy groups -OCH3 is 2. The van der Waals surface area contributed by atoms with Crippen molar-refractivity contribution >= 4 is 0 Å². The molecule has 4 heterocycles. The smallest absolute Gasteiger partial charge is 0.161 e. The summed E-state index contributed by atoms with van der Waals surface area (Å²) in [6.45, 7) is 7.97. The highest BCUT2D eigenvalue weighted by atomic mass is 16.5. The van der Waals surface area contributed by atoms with Crippen molar-refractivity contribution < 1.29 is 9.47 Å². The molecule has 6 heteroatoms. The SMILES string of the molecule is COc1ccc(-c2cn3c(n2)CCC(C2CCN(C4CC5(C4)CN(CC4CC4)C5)CC2)C3)cc1OC. The fourth-order valence-electron chi connectivity index (χ4n) is 7.90. The normalized spacial score (nSPS) is 26.9. The molecule has 2 aliphatic carbocycles. The summed E-state index contributed by atoms with van der Waals surface area (Å²) in [5, 5.41) is 0. The molecule has 2 aromatic rings. The zero-order valence-electron chi connectivity index (χ0n) is 22.1. The Hall–Kier alpha value is -2.05. The van der Waals surface area contributed by atoms with Crippen molar-refractivity contribution in [1.29, 1.82) is 0 Å². The van der Waals surface area contributed by atoms with Gasteiger partial charge < -0.3 is 23.8 Å². The van der Waals surface area contributed by atoms with E-state index in [1.807, 2.05) is 12.1 Å². The van der Waals surface area contributed by atoms with Crippen LogP contribution in [0.5, 0.6) is 11.5 Å². The number of imidazole rings is 1. The van der Waals surface area contributed by atoms with Crippen LogP contribution >= 0.6 is 0 Å². The molecule has 36 heavy (non-hydrogen) atoms. The highest BCUT2D eigenvalue weighted by Gasteiger charge is 2.54. The van der Waals surface area contributed by atoms with Crippen LogP contribution < -0.4 is 9.47 Å². The molecule has 194 valence electrons. The molecule has 7 rings (SSSR count). The molecule has 0 radical (unpaired) electrons. The van der Waals surface area contributed by atoms with Crippen molar-refractivity contribution in [3.8, 4) is 22.8 Å². The van der Waals surface area contributed by atoms with Gasteiger partial charge in [-0.25, -0.2) is 4.98 Å². The van der Waals surface area contributed by atoms with E-state index in [2.05, 4.69) is 26.6 Å². The third-order valence-corrected chi connectivity index (χ3v) is 10.1. The lowest BCUT2D eigenvalue weighted by molar-refractivity contribution is -0.115. The van der Waals surface area contributed by atoms with Gasteiger partial charge in [-0.15, -0.1) is 0 Å². The number of aromatic nitrogens is 2. The second kappa shape index (κ2) is 9.05. The van der Waals surface area contributed by atoms with Gasteiger partial charge in [0.2, 0.25) is 0 Å². The Morgan fingerprint density at radius 2 is 1.72 bits per heavy atom. The lowest BCUT2D eigenvalue weighted by Crippen LogP contribution is -2.67. The van der Waals surface area contributed by atoms with Crippen LogP contribution in [0.1, 0.15) is 50.8 Å². The molecule has 0 N–H and O–H groups in total. The molecular weight excluding hydrogens is 448 g/mol. The first kappa shape index (κ1) is 23.1. The van der Waals surface area contributed by atoms with Crippen LogP contribution in [0.2, 0.25) is 0 Å². The van der Waals surface area contributed by atoms with E-state index in [0.29, 0.717) is 5.41 Å². The molecule has 4 fully saturated rings. The molecule has 0 amide bonds. The Morgan fingerprint density at radius 1 is 0.944 bits per heavy atom. The van der Waals surface area contributed by atoms with E-state index in [1.54, 1.807) is 14.2 Å². The Morgan fingerprint density at radius 3 is 2.44 bits per heavy atom. The third-order valence-electron chi connectivity index (χ3n) is 10.1. The van der Waals surface area contributed by atoms with Crippen molar-refractivity contribution in [3.05, 3.63) is 30.2 Å². The second-order valence-electron chi connectivity index (χ2n) is 12.6. The topological polar surface area (TPSA) is 42.8 Å². The number of hydrogen-bond acceptors (Lipinski definition) is 5. The summed E-state index contributed by atoms with van der Waals surface area (Å²) < 4.78 is 13.4. The molecule has 1 spiro atoms. The van der Waals surface area contributed by atoms with Crippen LogP contribution in [0, 0.1) is 23.2 Å². The third kappa shape index (κ3) is 4.24. The maximum absolute atomic E-state index is 5.51. The van der Waals surface area contributed by atoms with Gasteiger partial charge in [0.1, 0.15) is 5.82 Å². The quantitative estimate of drug-likeness (QED) is 0.562. The first-order chi connectivity index (χ1) is 17.6. The zero-order valence-corrected chi connectivity index (χ0v) is 22.1. The molecule has 5 aliphatic rings. The molecular formula is C30H42N4O2. The minimum absolute atomic E-state index is 0.712. The van der Waals surface area contributed by atoms with Crippen molar-refractivity contribution in [3.63, 3.8) is 0 Å². The Bertz CT molecular complexity index is 1090. The number of benzene rings is 1. The lowest BCUT2D eigenvalue weighted by atomic mass is 9.60. The summed E-state index contributed by atoms with van der Waals surface area (Å²) in [6.07, 6.45) is 13.3. The lowest BCUT2D eigenvalue weighted by Gasteiger charge is -2.62. The fraction of sp³-hybridized carbons (Fsp3) is 0.700. The maximum atomic E-state index is 5.51. The van der Waals surface area contributed by atoms with Gasteiger partial charge in [0.25, 0.3) is 0 Å². The van der Waals surface area contributed by atoms with E-state index in [4.69, 9.17) is 14.5 Å². The minimum Gasteiger partial charge on any atom is -0.493 e. The Kier molecular flexibility index (Phi) is 5.81. The maximum Gasteiger partial charge on any atom is 0.161 e. The Balaban J connectivity index is 0.917. The second-order valence-corrected chi connectivity index (χ2v) is 12.6. The molecule has 2 saturated carbocycles. The highest BCUT2D eigenvalue weighted by molar-refractivity contribution is 5.63. The van der Waals surface area contributed by atoms with Crippen LogP contribution in [0.3, 0.4) is 0 Å². The van der Waals surface area contributed by atoms with E-state index >= 15 is 0 Å². The van der Waals surface area contributed by atoms with Gasteiger partial charge >= 0.3 is 0 Å². The van der Waals surface area contributed by atoms with E-state index in [-0.39, 0.29) is 0 Å². The summed E-state index contributed by atoms with van der Waals surface area (Å²) >= 11 is 0. The fourth-order valence-corrected chi connectivity index (χ4v) is 7.90. The summed E-state index contributed by atoms with van der Waals surface area (Å²) in [5.74, 6) is 5.47. The van der Waals surface area contributed by atoms with Crippen molar-refractivity contribution in [2.45, 2.75) is 64.0 Å². The number of aryl methyl sites for hydroxylation is 1. The monoisotopic (exact) mass is 490 g/mol. The van der Waals surface area contributed by atoms with Gasteiger partial charge in [0.15, 0.2) is 11.5 Å². The molecule has 1 aromatic carbocycles. The minimum atomic E-state index is 0.712. The van der Waals surface area contributed by atoms with Gasteiger partial charge in [-0.1, -0.05) is 0 Å². The Labute approximate surface area is 216 Å². The number of ether oxygens (including phenoxy) is 2. The molecule has 3 aliphatic heterocycles. The number of fused-ring (bicyclic) bond motifs is 1. The van der Waals surface area contributed by atoms with Crippen LogP contribution in [-0.4, -0.2) is 72.3 Å². The van der Waals surface area contributed by atoms with Crippen LogP contribution in [0.4, 0.5) is 0 Å². The van der Waals surface area contributed by atoms with Crippen molar-refractivity contribution in [1.82, 2.24) is 19.4 Å². The zero-order chi connectivity index (χ0) is 24.3. The van der Waals surface area contributed by atoms with E-state index in [0.717, 1.165) is 59.5 Å². The highest BCUT2D eigenvalue weighted by Crippen LogP contribution is 2.52. The number of nitrogens with zero attached hydrogens (tertiary/aromatic N) is 4. The van der Waals surface area contributed by atoms with Crippen LogP contribution in [0.15, 0.2) is 24.4 Å². The number of rotatable bonds is 7. The van der Waals surface area contributed by atoms with Gasteiger partial charge in [-0.05, 0) is 99.4 Å². The average molecular weight is 491 g/mol. The van der Waals surface area contributed by atoms with Crippen molar-refractivity contribution in [2.75, 3.05) is 46.9 Å². The van der Waals surface area contributed by atoms with Crippen LogP contribution in [0.25, 0.3) is 11.3 Å². The largest absolute Gasteiger partial charge is 0.493 e. The summed E-state index contributed by atoms with van der Waals surface area (Å²) in [6, 6.07) is 6.98. The van der Waals surface area contributed by atoms with E-state index < -0.39 is 0 Å². The average Bonchev–Trinajstić information content (AvgIpc) is 3.59. The number of likely N-dealkylation sites (tertiary alicyclic amines) is 2. The van der Waals surface area contributed by atoms with E-state index in [9.17, 15) is 0 Å². The molecule has 0 bridgehead atoms. The predicted molar refractivity (Wildman–Crippen MR) is 141 cm³/mol. The predicted octanol–water partition coefficient (Wildman–Crippen LogP) is 4.72. The first-order valence-corrected chi connectivity index (χ1v) is 14.4. The summed E-state index contributed by atoms with van der Waals surface area (Å²) in [4.78, 5) is 10.6. The van der Waals surface area contributed by atoms with Crippen molar-refractivity contribution in [2.24, 2.45) is 23.2 Å². The van der Waals surface area contributed by atoms with Crippen LogP contribution in [-0.2, 0) is 13.0 Å². The summed E-state index contributed by atoms with van der Waals surface area (Å²) in [5.41, 5.74) is 2.86. The molecule has 2 saturated heterocycles. The number of piperidine rings is 1. The molecule has 6 nitrogen and oxygen atoms in total. The standard InChI is InChI=1S/C30H42N4O2/c1-35-27-7-5-23(13-28(27)36-2)26-18-34-17-24(6-8-29(34)31-26)22-9-11-33(12-10-22)25-14-30(15-25)19-32(20-30)16-21-3-4-21/h5,7,13,18,21-22,24-25H,3-4,6,8-12,14-17,19-20H2,1-2H3. The molecule has 1 unspecified atom stereocenters. The van der Waals surface area contributed by atoms with Gasteiger partial charge in [0.05, 0.1) is 19.9 Å². The van der Waals surface area contributed by atoms with Gasteiger partial charge in [-0.2, -0.15) is 0 Å². The first-order valence-electron chi connectivity index (χ1n) is 14.4. The number of hydrogen-bond donors (Lipinski definition) is 0.